The molecule has 8 nitrogen and oxygen atoms in total. The number of hydrogen-bond donors (Lipinski definition) is 1. The highest BCUT2D eigenvalue weighted by Gasteiger charge is 2.37. The highest BCUT2D eigenvalue weighted by Crippen LogP contribution is 2.38. The number of aryl methyl sites for hydroxylation is 2. The number of benzene rings is 4. The van der Waals surface area contributed by atoms with Crippen molar-refractivity contribution in [2.24, 2.45) is 0 Å². The van der Waals surface area contributed by atoms with Crippen LogP contribution in [0, 0.1) is 13.8 Å². The van der Waals surface area contributed by atoms with Crippen molar-refractivity contribution in [3.8, 4) is 17.2 Å². The number of nitrogens with one attached hydrogen (secondary N) is 1. The van der Waals surface area contributed by atoms with E-state index in [0.717, 1.165) is 21.6 Å². The van der Waals surface area contributed by atoms with Gasteiger partial charge in [-0.15, -0.1) is 0 Å². The molecule has 224 valence electrons. The van der Waals surface area contributed by atoms with Crippen molar-refractivity contribution in [3.05, 3.63) is 123 Å². The molecule has 0 aromatic heterocycles. The summed E-state index contributed by atoms with van der Waals surface area (Å²) in [6, 6.07) is 24.6. The van der Waals surface area contributed by atoms with Crippen LogP contribution in [-0.4, -0.2) is 24.5 Å². The quantitative estimate of drug-likeness (QED) is 0.151. The number of carbonyl (C=O) groups is 3. The minimum absolute atomic E-state index is 0.240. The lowest BCUT2D eigenvalue weighted by atomic mass is 10.1. The number of carbonyl (C=O) groups excluding carboxylic acids is 3. The van der Waals surface area contributed by atoms with Gasteiger partial charge in [-0.2, -0.15) is 0 Å². The second-order valence-corrected chi connectivity index (χ2v) is 10.6. The predicted molar refractivity (Wildman–Crippen MR) is 169 cm³/mol. The molecule has 0 spiro atoms. The largest absolute Gasteiger partial charge is 0.490 e. The van der Waals surface area contributed by atoms with Crippen LogP contribution in [0.4, 0.5) is 10.5 Å². The van der Waals surface area contributed by atoms with E-state index in [1.807, 2.05) is 69.3 Å². The summed E-state index contributed by atoms with van der Waals surface area (Å²) in [6.07, 6.45) is 1.37. The predicted octanol–water partition coefficient (Wildman–Crippen LogP) is 7.18. The van der Waals surface area contributed by atoms with Crippen LogP contribution in [0.25, 0.3) is 6.08 Å². The Kier molecular flexibility index (Phi) is 9.31. The third-order valence-electron chi connectivity index (χ3n) is 7.04. The van der Waals surface area contributed by atoms with Crippen molar-refractivity contribution < 1.29 is 28.6 Å². The van der Waals surface area contributed by atoms with Crippen molar-refractivity contribution in [2.75, 3.05) is 11.5 Å². The van der Waals surface area contributed by atoms with Crippen molar-refractivity contribution >= 4 is 41.2 Å². The molecule has 0 radical (unpaired) electrons. The van der Waals surface area contributed by atoms with Gasteiger partial charge in [0.05, 0.1) is 17.3 Å². The zero-order chi connectivity index (χ0) is 31.2. The Labute approximate surface area is 260 Å². The summed E-state index contributed by atoms with van der Waals surface area (Å²) in [7, 11) is 0. The second-order valence-electron chi connectivity index (χ2n) is 10.2. The number of halogens is 1. The molecule has 4 amide bonds. The van der Waals surface area contributed by atoms with Crippen LogP contribution >= 0.6 is 11.6 Å². The van der Waals surface area contributed by atoms with Gasteiger partial charge in [0.25, 0.3) is 11.8 Å². The number of anilines is 1. The fourth-order valence-corrected chi connectivity index (χ4v) is 4.89. The third-order valence-corrected chi connectivity index (χ3v) is 7.32. The van der Waals surface area contributed by atoms with Gasteiger partial charge in [-0.1, -0.05) is 60.1 Å². The normalized spacial score (nSPS) is 14.0. The number of hydrogen-bond acceptors (Lipinski definition) is 6. The molecule has 1 heterocycles. The van der Waals surface area contributed by atoms with E-state index < -0.39 is 17.8 Å². The Bertz CT molecular complexity index is 1730. The first kappa shape index (κ1) is 30.4. The molecule has 0 bridgehead atoms. The maximum absolute atomic E-state index is 13.5. The van der Waals surface area contributed by atoms with Crippen LogP contribution in [0.1, 0.15) is 34.7 Å². The van der Waals surface area contributed by atoms with Crippen LogP contribution in [0.2, 0.25) is 5.02 Å². The van der Waals surface area contributed by atoms with Gasteiger partial charge in [0, 0.05) is 0 Å². The molecule has 4 aromatic rings. The SMILES string of the molecule is CCOc1cc(/C=C2\C(=O)NC(=O)N(c3ccc(OCc4ccccc4)cc3)C2=O)cc(Cl)c1OCc1ccc(C)c(C)c1. The van der Waals surface area contributed by atoms with Gasteiger partial charge in [-0.3, -0.25) is 14.9 Å². The zero-order valence-electron chi connectivity index (χ0n) is 24.6. The Hall–Kier alpha value is -5.08. The fourth-order valence-electron chi connectivity index (χ4n) is 4.61. The van der Waals surface area contributed by atoms with Crippen LogP contribution in [-0.2, 0) is 22.8 Å². The lowest BCUT2D eigenvalue weighted by Gasteiger charge is -2.26. The zero-order valence-corrected chi connectivity index (χ0v) is 25.3. The highest BCUT2D eigenvalue weighted by molar-refractivity contribution is 6.39. The maximum atomic E-state index is 13.5. The first-order valence-corrected chi connectivity index (χ1v) is 14.4. The van der Waals surface area contributed by atoms with E-state index in [9.17, 15) is 14.4 Å². The fraction of sp³-hybridized carbons (Fsp3) is 0.171. The Morgan fingerprint density at radius 1 is 0.795 bits per heavy atom. The maximum Gasteiger partial charge on any atom is 0.335 e. The number of ether oxygens (including phenoxy) is 3. The number of imide groups is 2. The number of urea groups is 1. The monoisotopic (exact) mass is 610 g/mol. The molecule has 1 aliphatic rings. The van der Waals surface area contributed by atoms with Crippen LogP contribution in [0.15, 0.2) is 90.5 Å². The summed E-state index contributed by atoms with van der Waals surface area (Å²) in [5.41, 5.74) is 4.78. The smallest absolute Gasteiger partial charge is 0.335 e. The van der Waals surface area contributed by atoms with Crippen LogP contribution in [0.5, 0.6) is 17.2 Å². The topological polar surface area (TPSA) is 94.2 Å². The Balaban J connectivity index is 1.36. The van der Waals surface area contributed by atoms with E-state index in [2.05, 4.69) is 5.32 Å². The van der Waals surface area contributed by atoms with Gasteiger partial charge in [0.2, 0.25) is 0 Å². The second kappa shape index (κ2) is 13.5. The lowest BCUT2D eigenvalue weighted by molar-refractivity contribution is -0.122. The van der Waals surface area contributed by atoms with Gasteiger partial charge < -0.3 is 14.2 Å². The lowest BCUT2D eigenvalue weighted by Crippen LogP contribution is -2.54. The molecule has 5 rings (SSSR count). The summed E-state index contributed by atoms with van der Waals surface area (Å²) >= 11 is 6.61. The molecular weight excluding hydrogens is 580 g/mol. The molecule has 9 heteroatoms. The summed E-state index contributed by atoms with van der Waals surface area (Å²) in [5, 5.41) is 2.49. The van der Waals surface area contributed by atoms with Gasteiger partial charge >= 0.3 is 6.03 Å². The van der Waals surface area contributed by atoms with E-state index in [1.165, 1.54) is 11.6 Å². The standard InChI is InChI=1S/C35H31ClN2O6/c1-4-42-31-19-26(18-30(36)32(31)44-21-25-11-10-22(2)23(3)16-25)17-29-33(39)37-35(41)38(34(29)40)27-12-14-28(15-13-27)43-20-24-8-6-5-7-9-24/h5-19H,4,20-21H2,1-3H3,(H,37,39,41)/b29-17+. The molecule has 0 unspecified atom stereocenters. The molecule has 0 aliphatic carbocycles. The van der Waals surface area contributed by atoms with Gasteiger partial charge in [0.1, 0.15) is 24.5 Å². The van der Waals surface area contributed by atoms with Gasteiger partial charge in [-0.05, 0) is 91.1 Å². The molecule has 0 atom stereocenters. The van der Waals surface area contributed by atoms with Crippen molar-refractivity contribution in [1.82, 2.24) is 5.32 Å². The van der Waals surface area contributed by atoms with E-state index in [0.29, 0.717) is 36.0 Å². The van der Waals surface area contributed by atoms with E-state index >= 15 is 0 Å². The summed E-state index contributed by atoms with van der Waals surface area (Å²) in [5.74, 6) is -0.325. The van der Waals surface area contributed by atoms with Crippen molar-refractivity contribution in [2.45, 2.75) is 34.0 Å². The van der Waals surface area contributed by atoms with Gasteiger partial charge in [0.15, 0.2) is 11.5 Å². The third kappa shape index (κ3) is 6.93. The van der Waals surface area contributed by atoms with Crippen molar-refractivity contribution in [3.63, 3.8) is 0 Å². The van der Waals surface area contributed by atoms with E-state index in [4.69, 9.17) is 25.8 Å². The molecule has 1 aliphatic heterocycles. The molecule has 4 aromatic carbocycles. The molecule has 1 N–H and O–H groups in total. The van der Waals surface area contributed by atoms with E-state index in [1.54, 1.807) is 36.4 Å². The summed E-state index contributed by atoms with van der Waals surface area (Å²) < 4.78 is 17.6. The summed E-state index contributed by atoms with van der Waals surface area (Å²) in [6.45, 7) is 6.88. The Morgan fingerprint density at radius 2 is 1.52 bits per heavy atom. The molecule has 0 saturated carbocycles. The minimum atomic E-state index is -0.849. The van der Waals surface area contributed by atoms with E-state index in [-0.39, 0.29) is 22.9 Å². The number of amides is 4. The number of rotatable bonds is 10. The molecular formula is C35H31ClN2O6. The van der Waals surface area contributed by atoms with Crippen LogP contribution in [0.3, 0.4) is 0 Å². The van der Waals surface area contributed by atoms with Crippen molar-refractivity contribution in [1.29, 1.82) is 0 Å². The number of barbiturate groups is 1. The van der Waals surface area contributed by atoms with Gasteiger partial charge in [-0.25, -0.2) is 9.69 Å². The molecule has 1 saturated heterocycles. The first-order chi connectivity index (χ1) is 21.2. The average Bonchev–Trinajstić information content (AvgIpc) is 3.01. The molecule has 1 fully saturated rings. The Morgan fingerprint density at radius 3 is 2.23 bits per heavy atom. The minimum Gasteiger partial charge on any atom is -0.490 e. The summed E-state index contributed by atoms with van der Waals surface area (Å²) in [4.78, 5) is 39.9. The van der Waals surface area contributed by atoms with Crippen LogP contribution < -0.4 is 24.4 Å². The molecule has 44 heavy (non-hydrogen) atoms. The first-order valence-electron chi connectivity index (χ1n) is 14.1. The number of nitrogens with zero attached hydrogens (tertiary/aromatic N) is 1. The highest BCUT2D eigenvalue weighted by atomic mass is 35.5. The average molecular weight is 611 g/mol.